The second-order valence-corrected chi connectivity index (χ2v) is 35.1. The van der Waals surface area contributed by atoms with Gasteiger partial charge in [0, 0.05) is 91.0 Å². The van der Waals surface area contributed by atoms with Crippen molar-refractivity contribution in [3.63, 3.8) is 0 Å². The second-order valence-electron chi connectivity index (χ2n) is 35.1. The number of nitrogens with zero attached hydrogens (tertiary/aromatic N) is 9. The summed E-state index contributed by atoms with van der Waals surface area (Å²) in [5.41, 5.74) is 11.9. The Morgan fingerprint density at radius 3 is 1.31 bits per heavy atom. The minimum absolute atomic E-state index is 0.0270. The zero-order valence-electron chi connectivity index (χ0n) is 68.5. The van der Waals surface area contributed by atoms with E-state index in [2.05, 4.69) is 37.0 Å². The van der Waals surface area contributed by atoms with Crippen molar-refractivity contribution in [1.29, 1.82) is 0 Å². The first-order chi connectivity index (χ1) is 55.5. The van der Waals surface area contributed by atoms with Gasteiger partial charge in [0.25, 0.3) is 0 Å². The Bertz CT molecular complexity index is 4090. The number of Topliss-reactive ketones (excluding diaryl/α,β-unsaturated/α-hetero) is 4. The summed E-state index contributed by atoms with van der Waals surface area (Å²) in [7, 11) is 0. The van der Waals surface area contributed by atoms with Gasteiger partial charge in [-0.25, -0.2) is 8.78 Å². The Morgan fingerprint density at radius 2 is 0.863 bits per heavy atom. The average molecular weight is 1640 g/mol. The molecule has 9 saturated carbocycles. The van der Waals surface area contributed by atoms with Crippen molar-refractivity contribution in [1.82, 2.24) is 0 Å². The zero-order valence-corrected chi connectivity index (χ0v) is 68.5. The summed E-state index contributed by atoms with van der Waals surface area (Å²) in [5, 5.41) is 68.5. The SMILES string of the molecule is C[C@@H]1C[C@H]2[C@@H]3CCC4=CC(=O)C=C[C@]4(C)[C@@]3(F)[C@@H](O)C[C@]2(C)[C@@]1(O)C(=O)COC(=O)CCOCCOCCN=[N+]=[N-].C[C@@H]1C[C@H]2[C@@H]3CCC4=CC(=O)C=C[C@]4(C)[C@@]3(F)[C@@H](O)C[C@]2(C)[C@@]1(O)C(=O)COCCOCCOCCN=[N+]=[N-].C[C@]12C=CC(=O)C=C1CC[C@@H]1[C@@H]2C(=O)C[C@@]2(C)[C@H]1CC[C@]2(O)C(=O)COCCOCCOCCN=[N+]=[N-]. The molecule has 0 amide bonds. The van der Waals surface area contributed by atoms with Crippen LogP contribution in [0.1, 0.15) is 145 Å². The molecule has 0 unspecified atom stereocenters. The quantitative estimate of drug-likeness (QED) is 0.0128. The first-order valence-corrected chi connectivity index (χ1v) is 41.2. The molecule has 31 nitrogen and oxygen atoms in total. The number of alkyl halides is 2. The van der Waals surface area contributed by atoms with Crippen LogP contribution < -0.4 is 0 Å². The minimum Gasteiger partial charge on any atom is -0.457 e. The third-order valence-corrected chi connectivity index (χ3v) is 29.5. The van der Waals surface area contributed by atoms with Crippen LogP contribution in [0.5, 0.6) is 0 Å². The molecule has 0 heterocycles. The summed E-state index contributed by atoms with van der Waals surface area (Å²) >= 11 is 0. The molecule has 0 aliphatic heterocycles. The molecule has 117 heavy (non-hydrogen) atoms. The molecule has 5 N–H and O–H groups in total. The highest BCUT2D eigenvalue weighted by Gasteiger charge is 2.78. The Hall–Kier alpha value is -7.13. The van der Waals surface area contributed by atoms with Crippen molar-refractivity contribution in [2.75, 3.05) is 132 Å². The first kappa shape index (κ1) is 92.2. The van der Waals surface area contributed by atoms with Gasteiger partial charge in [0.2, 0.25) is 5.78 Å². The summed E-state index contributed by atoms with van der Waals surface area (Å²) in [6.45, 7) is 17.7. The molecule has 12 aliphatic rings. The van der Waals surface area contributed by atoms with E-state index in [0.29, 0.717) is 102 Å². The van der Waals surface area contributed by atoms with Crippen LogP contribution in [0.3, 0.4) is 0 Å². The monoisotopic (exact) mass is 1640 g/mol. The van der Waals surface area contributed by atoms with Crippen molar-refractivity contribution in [2.45, 2.75) is 186 Å². The van der Waals surface area contributed by atoms with Crippen molar-refractivity contribution in [3.8, 4) is 0 Å². The smallest absolute Gasteiger partial charge is 0.308 e. The van der Waals surface area contributed by atoms with Gasteiger partial charge in [0.15, 0.2) is 46.9 Å². The van der Waals surface area contributed by atoms with Crippen LogP contribution in [0.2, 0.25) is 0 Å². The van der Waals surface area contributed by atoms with Gasteiger partial charge in [-0.15, -0.1) is 0 Å². The van der Waals surface area contributed by atoms with E-state index in [9.17, 15) is 63.9 Å². The van der Waals surface area contributed by atoms with Crippen molar-refractivity contribution in [3.05, 3.63) is 103 Å². The van der Waals surface area contributed by atoms with Gasteiger partial charge < -0.3 is 68.2 Å². The summed E-state index contributed by atoms with van der Waals surface area (Å²) < 4.78 is 82.5. The van der Waals surface area contributed by atoms with Gasteiger partial charge in [-0.3, -0.25) is 38.4 Å². The number of aliphatic hydroxyl groups excluding tert-OH is 2. The summed E-state index contributed by atoms with van der Waals surface area (Å²) in [5.74, 6) is -5.53. The average Bonchev–Trinajstić information content (AvgIpc) is 1.60. The highest BCUT2D eigenvalue weighted by atomic mass is 19.1. The molecule has 0 aromatic carbocycles. The molecule has 33 heteroatoms. The fourth-order valence-corrected chi connectivity index (χ4v) is 23.5. The molecule has 0 aromatic heterocycles. The molecule has 0 spiro atoms. The number of ether oxygens (including phenoxy) is 9. The van der Waals surface area contributed by atoms with E-state index in [1.54, 1.807) is 58.9 Å². The van der Waals surface area contributed by atoms with Gasteiger partial charge in [-0.1, -0.05) is 91.8 Å². The molecule has 644 valence electrons. The van der Waals surface area contributed by atoms with Crippen LogP contribution in [0.15, 0.2) is 86.7 Å². The van der Waals surface area contributed by atoms with Crippen molar-refractivity contribution >= 4 is 46.5 Å². The maximum absolute atomic E-state index is 17.2. The van der Waals surface area contributed by atoms with E-state index >= 15 is 8.78 Å². The summed E-state index contributed by atoms with van der Waals surface area (Å²) in [4.78, 5) is 110. The van der Waals surface area contributed by atoms with Crippen LogP contribution in [0.25, 0.3) is 31.3 Å². The number of aliphatic hydroxyl groups is 5. The number of hydrogen-bond donors (Lipinski definition) is 5. The van der Waals surface area contributed by atoms with Gasteiger partial charge in [0.05, 0.1) is 111 Å². The third kappa shape index (κ3) is 17.1. The first-order valence-electron chi connectivity index (χ1n) is 41.2. The predicted molar refractivity (Wildman–Crippen MR) is 417 cm³/mol. The number of esters is 1. The normalized spacial score (nSPS) is 38.8. The summed E-state index contributed by atoms with van der Waals surface area (Å²) in [6, 6.07) is 0. The maximum atomic E-state index is 17.2. The van der Waals surface area contributed by atoms with E-state index in [1.807, 2.05) is 19.9 Å². The molecule has 0 aromatic rings. The van der Waals surface area contributed by atoms with Crippen LogP contribution in [-0.4, -0.2) is 244 Å². The number of fused-ring (bicyclic) bond motifs is 15. The number of ketones is 7. The molecule has 0 bridgehead atoms. The largest absolute Gasteiger partial charge is 0.457 e. The number of rotatable bonds is 36. The number of azide groups is 3. The Morgan fingerprint density at radius 1 is 0.479 bits per heavy atom. The van der Waals surface area contributed by atoms with E-state index in [-0.39, 0.29) is 164 Å². The fourth-order valence-electron chi connectivity index (χ4n) is 23.5. The zero-order chi connectivity index (χ0) is 85.2. The van der Waals surface area contributed by atoms with E-state index < -0.39 is 127 Å². The fraction of sp³-hybridized carbons (Fsp3) is 0.762. The van der Waals surface area contributed by atoms with Gasteiger partial charge in [0.1, 0.15) is 35.8 Å². The van der Waals surface area contributed by atoms with Crippen LogP contribution >= 0.6 is 0 Å². The lowest BCUT2D eigenvalue weighted by atomic mass is 9.44. The van der Waals surface area contributed by atoms with Crippen LogP contribution in [-0.2, 0) is 81.0 Å². The summed E-state index contributed by atoms with van der Waals surface area (Å²) in [6.07, 6.45) is 16.2. The minimum atomic E-state index is -2.06. The molecule has 22 atom stereocenters. The molecule has 12 rings (SSSR count). The molecule has 0 radical (unpaired) electrons. The number of halogens is 2. The lowest BCUT2D eigenvalue weighted by Gasteiger charge is -2.62. The topological polar surface area (TPSA) is 467 Å². The van der Waals surface area contributed by atoms with Gasteiger partial charge >= 0.3 is 5.97 Å². The molecule has 9 fully saturated rings. The van der Waals surface area contributed by atoms with E-state index in [0.717, 1.165) is 18.4 Å². The number of hydrogen-bond acceptors (Lipinski definition) is 25. The molecule has 0 saturated heterocycles. The maximum Gasteiger partial charge on any atom is 0.308 e. The number of carbonyl (C=O) groups is 8. The lowest BCUT2D eigenvalue weighted by molar-refractivity contribution is -0.220. The third-order valence-electron chi connectivity index (χ3n) is 29.5. The highest BCUT2D eigenvalue weighted by Crippen LogP contribution is 2.73. The van der Waals surface area contributed by atoms with E-state index in [4.69, 9.17) is 59.2 Å². The molecule has 12 aliphatic carbocycles. The van der Waals surface area contributed by atoms with Crippen molar-refractivity contribution in [2.24, 2.45) is 101 Å². The van der Waals surface area contributed by atoms with Gasteiger partial charge in [-0.05, 0) is 179 Å². The van der Waals surface area contributed by atoms with Crippen molar-refractivity contribution < 1.29 is 115 Å². The van der Waals surface area contributed by atoms with Crippen LogP contribution in [0.4, 0.5) is 8.78 Å². The molecular formula is C84H117F2N9O22. The second kappa shape index (κ2) is 37.9. The Balaban J connectivity index is 0.000000185. The Labute approximate surface area is 680 Å². The Kier molecular flexibility index (Phi) is 29.8. The molecular weight excluding hydrogens is 1520 g/mol. The lowest BCUT2D eigenvalue weighted by Crippen LogP contribution is -2.69. The van der Waals surface area contributed by atoms with Gasteiger partial charge in [-0.2, -0.15) is 0 Å². The van der Waals surface area contributed by atoms with E-state index in [1.165, 1.54) is 24.3 Å². The number of carbonyl (C=O) groups excluding carboxylic acids is 8. The standard InChI is InChI=1S/C29H40FN3O8.C28H40FN3O7.C27H37N3O7/c1-18-14-22-21-5-4-19-15-20(34)6-8-26(19,2)28(21,30)23(35)16-27(22,3)29(18,38)24(36)17-41-25(37)7-10-39-12-13-40-11-9-32-33-31;1-18-14-22-21-5-4-19-15-20(33)6-7-25(19,2)27(21,29)23(34)16-26(22,3)28(18,36)24(35)17-39-13-12-38-11-10-37-9-8-31-32-30;1-25-7-5-19(31)15-18(25)3-4-20-21-6-8-27(34,26(21,2)16-22(32)24(20)25)23(33)17-37-14-13-36-12-11-35-10-9-29-30-28/h6,8,15,18,21-23,35,38H,4-5,7,9-14,16-17H2,1-3H3;6-7,15,18,21-23,34,36H,4-5,8-14,16-17H2,1-3H3;5,7,15,20-21,24,34H,3-4,6,8-14,16-17H2,1-2H3/t18-,21+,22+,23+,26+,27+,28+,29+;18-,21+,22+,23+,25+,26+,27+,28+;20-,21-,24+,25-,26-,27-/m110/s1. The highest BCUT2D eigenvalue weighted by molar-refractivity contribution is 6.03. The van der Waals surface area contributed by atoms with Crippen LogP contribution in [0, 0.1) is 85.8 Å². The number of allylic oxidation sites excluding steroid dienone is 12. The predicted octanol–water partition coefficient (Wildman–Crippen LogP) is 9.58.